The Hall–Kier alpha value is -2.54. The standard InChI is InChI=1S/C28H45N5O2.C2H6/c1-4-8-26(28(35)30-21-34)31-25-14-13-23(19-27(25)29-3)12-11-22(2)33-17-15-32(16-18-33)20-24-9-6-5-7-10-24;1-2/h13-14,19,21,24,26,29,31H,2,4-12,15-18,20H2,1,3H3,(H,30,34,35);1-2H3. The first-order valence-electron chi connectivity index (χ1n) is 14.5. The number of amides is 2. The summed E-state index contributed by atoms with van der Waals surface area (Å²) in [5.41, 5.74) is 4.28. The highest BCUT2D eigenvalue weighted by atomic mass is 16.2. The lowest BCUT2D eigenvalue weighted by molar-refractivity contribution is -0.125. The lowest BCUT2D eigenvalue weighted by Crippen LogP contribution is -2.47. The number of nitrogens with zero attached hydrogens (tertiary/aromatic N) is 2. The van der Waals surface area contributed by atoms with Crippen molar-refractivity contribution in [3.63, 3.8) is 0 Å². The number of imide groups is 1. The number of carbonyl (C=O) groups is 2. The summed E-state index contributed by atoms with van der Waals surface area (Å²) in [5, 5.41) is 8.81. The molecule has 0 spiro atoms. The molecular formula is C30H51N5O2. The zero-order valence-electron chi connectivity index (χ0n) is 23.8. The van der Waals surface area contributed by atoms with E-state index in [4.69, 9.17) is 0 Å². The lowest BCUT2D eigenvalue weighted by Gasteiger charge is -2.39. The van der Waals surface area contributed by atoms with Crippen LogP contribution in [0.25, 0.3) is 0 Å². The second-order valence-electron chi connectivity index (χ2n) is 10.1. The number of aryl methyl sites for hydroxylation is 1. The van der Waals surface area contributed by atoms with Crippen LogP contribution in [0.1, 0.15) is 77.7 Å². The minimum atomic E-state index is -0.445. The van der Waals surface area contributed by atoms with E-state index in [1.165, 1.54) is 49.9 Å². The Morgan fingerprint density at radius 1 is 1.11 bits per heavy atom. The molecule has 208 valence electrons. The van der Waals surface area contributed by atoms with Gasteiger partial charge in [-0.1, -0.05) is 59.1 Å². The third-order valence-electron chi connectivity index (χ3n) is 7.54. The molecule has 1 aromatic rings. The molecule has 1 aromatic carbocycles. The van der Waals surface area contributed by atoms with E-state index < -0.39 is 6.04 Å². The highest BCUT2D eigenvalue weighted by molar-refractivity contribution is 5.92. The number of anilines is 2. The van der Waals surface area contributed by atoms with Crippen LogP contribution >= 0.6 is 0 Å². The van der Waals surface area contributed by atoms with Gasteiger partial charge in [-0.3, -0.25) is 19.8 Å². The van der Waals surface area contributed by atoms with Crippen LogP contribution in [-0.2, 0) is 16.0 Å². The summed E-state index contributed by atoms with van der Waals surface area (Å²) < 4.78 is 0. The SMILES string of the molecule is C=C(CCc1ccc(NC(CCC)C(=O)NC=O)c(NC)c1)N1CCN(CC2CCCCC2)CC1.CC. The van der Waals surface area contributed by atoms with E-state index in [9.17, 15) is 9.59 Å². The van der Waals surface area contributed by atoms with Gasteiger partial charge < -0.3 is 15.5 Å². The summed E-state index contributed by atoms with van der Waals surface area (Å²) in [4.78, 5) is 28.0. The van der Waals surface area contributed by atoms with Crippen molar-refractivity contribution in [2.24, 2.45) is 5.92 Å². The van der Waals surface area contributed by atoms with E-state index in [1.54, 1.807) is 0 Å². The summed E-state index contributed by atoms with van der Waals surface area (Å²) in [6.07, 6.45) is 10.9. The molecule has 3 N–H and O–H groups in total. The number of hydrogen-bond donors (Lipinski definition) is 3. The molecule has 0 aromatic heterocycles. The van der Waals surface area contributed by atoms with Crippen LogP contribution < -0.4 is 16.0 Å². The molecule has 1 aliphatic carbocycles. The molecule has 2 aliphatic rings. The fourth-order valence-corrected chi connectivity index (χ4v) is 5.41. The van der Waals surface area contributed by atoms with E-state index in [0.717, 1.165) is 62.7 Å². The fraction of sp³-hybridized carbons (Fsp3) is 0.667. The van der Waals surface area contributed by atoms with Crippen LogP contribution in [-0.4, -0.2) is 67.9 Å². The first kappa shape index (κ1) is 30.7. The average Bonchev–Trinajstić information content (AvgIpc) is 2.94. The van der Waals surface area contributed by atoms with Crippen LogP contribution in [0.4, 0.5) is 11.4 Å². The monoisotopic (exact) mass is 513 g/mol. The van der Waals surface area contributed by atoms with Crippen LogP contribution in [0.3, 0.4) is 0 Å². The first-order chi connectivity index (χ1) is 18.0. The average molecular weight is 514 g/mol. The molecule has 7 heteroatoms. The number of benzene rings is 1. The quantitative estimate of drug-likeness (QED) is 0.313. The van der Waals surface area contributed by atoms with E-state index in [1.807, 2.05) is 33.9 Å². The summed E-state index contributed by atoms with van der Waals surface area (Å²) in [6, 6.07) is 5.82. The molecule has 1 heterocycles. The number of hydrogen-bond acceptors (Lipinski definition) is 6. The third kappa shape index (κ3) is 10.0. The second kappa shape index (κ2) is 17.1. The van der Waals surface area contributed by atoms with E-state index >= 15 is 0 Å². The molecule has 1 unspecified atom stereocenters. The van der Waals surface area contributed by atoms with Crippen LogP contribution in [0.15, 0.2) is 30.5 Å². The summed E-state index contributed by atoms with van der Waals surface area (Å²) in [7, 11) is 1.89. The zero-order valence-corrected chi connectivity index (χ0v) is 23.8. The lowest BCUT2D eigenvalue weighted by atomic mass is 9.89. The Balaban J connectivity index is 0.00000235. The van der Waals surface area contributed by atoms with Gasteiger partial charge in [-0.15, -0.1) is 0 Å². The smallest absolute Gasteiger partial charge is 0.248 e. The van der Waals surface area contributed by atoms with Crippen molar-refractivity contribution in [2.75, 3.05) is 50.4 Å². The van der Waals surface area contributed by atoms with Gasteiger partial charge in [-0.25, -0.2) is 0 Å². The van der Waals surface area contributed by atoms with E-state index in [-0.39, 0.29) is 5.91 Å². The number of nitrogens with one attached hydrogen (secondary N) is 3. The maximum atomic E-state index is 12.2. The normalized spacial score (nSPS) is 17.2. The Morgan fingerprint density at radius 2 is 1.81 bits per heavy atom. The van der Waals surface area contributed by atoms with Crippen LogP contribution in [0, 0.1) is 5.92 Å². The van der Waals surface area contributed by atoms with Gasteiger partial charge in [0.1, 0.15) is 6.04 Å². The minimum absolute atomic E-state index is 0.303. The predicted molar refractivity (Wildman–Crippen MR) is 156 cm³/mol. The van der Waals surface area contributed by atoms with Crippen molar-refractivity contribution in [1.29, 1.82) is 0 Å². The van der Waals surface area contributed by atoms with Gasteiger partial charge in [-0.05, 0) is 55.7 Å². The predicted octanol–water partition coefficient (Wildman–Crippen LogP) is 5.25. The van der Waals surface area contributed by atoms with Crippen molar-refractivity contribution in [2.45, 2.75) is 84.6 Å². The molecule has 2 fully saturated rings. The van der Waals surface area contributed by atoms with Crippen molar-refractivity contribution in [3.05, 3.63) is 36.0 Å². The topological polar surface area (TPSA) is 76.7 Å². The Labute approximate surface area is 225 Å². The molecule has 0 bridgehead atoms. The molecule has 1 atom stereocenters. The van der Waals surface area contributed by atoms with Crippen molar-refractivity contribution in [1.82, 2.24) is 15.1 Å². The van der Waals surface area contributed by atoms with Gasteiger partial charge >= 0.3 is 0 Å². The maximum absolute atomic E-state index is 12.2. The highest BCUT2D eigenvalue weighted by Crippen LogP contribution is 2.27. The van der Waals surface area contributed by atoms with Crippen LogP contribution in [0.5, 0.6) is 0 Å². The molecule has 1 aliphatic heterocycles. The van der Waals surface area contributed by atoms with Gasteiger partial charge in [-0.2, -0.15) is 0 Å². The van der Waals surface area contributed by atoms with Gasteiger partial charge in [0.05, 0.1) is 11.4 Å². The first-order valence-corrected chi connectivity index (χ1v) is 14.5. The van der Waals surface area contributed by atoms with Gasteiger partial charge in [0.25, 0.3) is 0 Å². The summed E-state index contributed by atoms with van der Waals surface area (Å²) in [6.45, 7) is 16.2. The number of allylic oxidation sites excluding steroid dienone is 1. The molecule has 0 radical (unpaired) electrons. The van der Waals surface area contributed by atoms with Crippen LogP contribution in [0.2, 0.25) is 0 Å². The Kier molecular flexibility index (Phi) is 14.1. The highest BCUT2D eigenvalue weighted by Gasteiger charge is 2.22. The largest absolute Gasteiger partial charge is 0.386 e. The maximum Gasteiger partial charge on any atom is 0.248 e. The number of rotatable bonds is 13. The Morgan fingerprint density at radius 3 is 2.43 bits per heavy atom. The molecule has 3 rings (SSSR count). The molecular weight excluding hydrogens is 462 g/mol. The molecule has 1 saturated carbocycles. The van der Waals surface area contributed by atoms with Crippen molar-refractivity contribution >= 4 is 23.7 Å². The fourth-order valence-electron chi connectivity index (χ4n) is 5.41. The minimum Gasteiger partial charge on any atom is -0.386 e. The van der Waals surface area contributed by atoms with Gasteiger partial charge in [0.15, 0.2) is 0 Å². The summed E-state index contributed by atoms with van der Waals surface area (Å²) >= 11 is 0. The van der Waals surface area contributed by atoms with Crippen molar-refractivity contribution in [3.8, 4) is 0 Å². The third-order valence-corrected chi connectivity index (χ3v) is 7.54. The molecule has 1 saturated heterocycles. The van der Waals surface area contributed by atoms with E-state index in [0.29, 0.717) is 12.8 Å². The van der Waals surface area contributed by atoms with E-state index in [2.05, 4.69) is 44.5 Å². The van der Waals surface area contributed by atoms with Crippen molar-refractivity contribution < 1.29 is 9.59 Å². The van der Waals surface area contributed by atoms with Gasteiger partial charge in [0, 0.05) is 45.5 Å². The number of piperazine rings is 1. The molecule has 7 nitrogen and oxygen atoms in total. The summed E-state index contributed by atoms with van der Waals surface area (Å²) in [5.74, 6) is 0.608. The molecule has 2 amide bonds. The molecule has 37 heavy (non-hydrogen) atoms. The Bertz CT molecular complexity index is 829. The zero-order chi connectivity index (χ0) is 27.0. The second-order valence-corrected chi connectivity index (χ2v) is 10.1. The number of carbonyl (C=O) groups excluding carboxylic acids is 2. The van der Waals surface area contributed by atoms with Gasteiger partial charge in [0.2, 0.25) is 12.3 Å².